The highest BCUT2D eigenvalue weighted by Gasteiger charge is 2.39. The molecule has 0 saturated carbocycles. The lowest BCUT2D eigenvalue weighted by Crippen LogP contribution is -2.30. The molecule has 0 aliphatic carbocycles. The summed E-state index contributed by atoms with van der Waals surface area (Å²) >= 11 is 2.84. The number of carbonyl (C=O) groups excluding carboxylic acids is 2. The zero-order valence-electron chi connectivity index (χ0n) is 14.7. The van der Waals surface area contributed by atoms with Crippen molar-refractivity contribution in [1.82, 2.24) is 4.90 Å². The van der Waals surface area contributed by atoms with Crippen molar-refractivity contribution in [2.24, 2.45) is 0 Å². The highest BCUT2D eigenvalue weighted by Crippen LogP contribution is 2.41. The molecule has 2 heterocycles. The van der Waals surface area contributed by atoms with E-state index in [4.69, 9.17) is 0 Å². The fourth-order valence-electron chi connectivity index (χ4n) is 2.91. The number of hydrogen-bond donors (Lipinski definition) is 0. The number of nitrogens with zero attached hydrogens (tertiary/aromatic N) is 1. The minimum Gasteiger partial charge on any atom is -0.269 e. The Labute approximate surface area is 166 Å². The van der Waals surface area contributed by atoms with Gasteiger partial charge in [0.05, 0.1) is 17.0 Å². The van der Waals surface area contributed by atoms with Gasteiger partial charge in [0.15, 0.2) is 0 Å². The van der Waals surface area contributed by atoms with Gasteiger partial charge in [0, 0.05) is 9.77 Å². The zero-order chi connectivity index (χ0) is 18.8. The smallest absolute Gasteiger partial charge is 0.268 e. The number of amides is 2. The number of thiophene rings is 1. The summed E-state index contributed by atoms with van der Waals surface area (Å²) < 4.78 is 0. The normalized spacial score (nSPS) is 14.3. The molecule has 0 unspecified atom stereocenters. The molecule has 4 rings (SSSR count). The summed E-state index contributed by atoms with van der Waals surface area (Å²) in [6.45, 7) is 2.30. The molecular formula is C22H17NO2S2. The Morgan fingerprint density at radius 3 is 2.30 bits per heavy atom. The van der Waals surface area contributed by atoms with Gasteiger partial charge in [0.2, 0.25) is 0 Å². The first-order valence-corrected chi connectivity index (χ1v) is 10.3. The van der Waals surface area contributed by atoms with E-state index in [-0.39, 0.29) is 18.4 Å². The van der Waals surface area contributed by atoms with Crippen molar-refractivity contribution in [3.63, 3.8) is 0 Å². The molecule has 1 aliphatic rings. The maximum absolute atomic E-state index is 13.1. The van der Waals surface area contributed by atoms with Crippen LogP contribution in [0.4, 0.5) is 0 Å². The van der Waals surface area contributed by atoms with E-state index < -0.39 is 0 Å². The minimum absolute atomic E-state index is 0.221. The van der Waals surface area contributed by atoms with Crippen LogP contribution >= 0.6 is 23.1 Å². The van der Waals surface area contributed by atoms with Crippen molar-refractivity contribution in [3.8, 4) is 0 Å². The van der Waals surface area contributed by atoms with Crippen LogP contribution in [-0.2, 0) is 16.1 Å². The predicted molar refractivity (Wildman–Crippen MR) is 110 cm³/mol. The first-order valence-electron chi connectivity index (χ1n) is 8.56. The molecule has 1 aromatic heterocycles. The number of carbonyl (C=O) groups is 2. The first kappa shape index (κ1) is 17.8. The fourth-order valence-corrected chi connectivity index (χ4v) is 4.77. The van der Waals surface area contributed by atoms with Crippen LogP contribution < -0.4 is 0 Å². The van der Waals surface area contributed by atoms with Crippen LogP contribution in [0.15, 0.2) is 81.9 Å². The molecule has 3 aromatic rings. The van der Waals surface area contributed by atoms with Gasteiger partial charge in [0.1, 0.15) is 0 Å². The van der Waals surface area contributed by atoms with Gasteiger partial charge >= 0.3 is 0 Å². The minimum atomic E-state index is -0.224. The number of aryl methyl sites for hydroxylation is 1. The third-order valence-electron chi connectivity index (χ3n) is 4.32. The number of thioether (sulfide) groups is 1. The van der Waals surface area contributed by atoms with Crippen LogP contribution in [0, 0.1) is 6.92 Å². The Morgan fingerprint density at radius 2 is 1.63 bits per heavy atom. The number of benzene rings is 2. The van der Waals surface area contributed by atoms with Gasteiger partial charge in [-0.15, -0.1) is 11.3 Å². The van der Waals surface area contributed by atoms with Gasteiger partial charge in [-0.2, -0.15) is 0 Å². The molecule has 0 fully saturated rings. The number of imide groups is 1. The van der Waals surface area contributed by atoms with Crippen molar-refractivity contribution in [2.45, 2.75) is 18.4 Å². The largest absolute Gasteiger partial charge is 0.269 e. The van der Waals surface area contributed by atoms with E-state index in [1.165, 1.54) is 28.0 Å². The second-order valence-electron chi connectivity index (χ2n) is 6.28. The molecule has 2 aromatic carbocycles. The predicted octanol–water partition coefficient (Wildman–Crippen LogP) is 5.13. The molecule has 0 atom stereocenters. The lowest BCUT2D eigenvalue weighted by molar-refractivity contribution is -0.137. The average molecular weight is 392 g/mol. The maximum atomic E-state index is 13.1. The monoisotopic (exact) mass is 391 g/mol. The fraction of sp³-hybridized carbons (Fsp3) is 0.0909. The second-order valence-corrected chi connectivity index (χ2v) is 8.31. The summed E-state index contributed by atoms with van der Waals surface area (Å²) in [5.74, 6) is -0.445. The Kier molecular flexibility index (Phi) is 4.97. The molecule has 134 valence electrons. The topological polar surface area (TPSA) is 37.4 Å². The Morgan fingerprint density at radius 1 is 0.889 bits per heavy atom. The van der Waals surface area contributed by atoms with E-state index >= 15 is 0 Å². The quantitative estimate of drug-likeness (QED) is 0.566. The summed E-state index contributed by atoms with van der Waals surface area (Å²) in [5.41, 5.74) is 2.60. The van der Waals surface area contributed by atoms with Crippen molar-refractivity contribution < 1.29 is 9.59 Å². The van der Waals surface area contributed by atoms with E-state index in [1.54, 1.807) is 0 Å². The Hall–Kier alpha value is -2.63. The van der Waals surface area contributed by atoms with Crippen LogP contribution in [0.2, 0.25) is 0 Å². The summed E-state index contributed by atoms with van der Waals surface area (Å²) in [6, 6.07) is 21.4. The molecule has 5 heteroatoms. The Bertz CT molecular complexity index is 1010. The maximum Gasteiger partial charge on any atom is 0.268 e. The van der Waals surface area contributed by atoms with Gasteiger partial charge in [-0.3, -0.25) is 14.5 Å². The van der Waals surface area contributed by atoms with Crippen LogP contribution in [0.25, 0.3) is 5.57 Å². The lowest BCUT2D eigenvalue weighted by Gasteiger charge is -2.15. The van der Waals surface area contributed by atoms with E-state index in [1.807, 2.05) is 79.0 Å². The SMILES string of the molecule is Cc1ccc(CN2C(=O)C(Sc3ccccc3)=C(c3cccs3)C2=O)cc1. The number of hydrogen-bond acceptors (Lipinski definition) is 4. The Balaban J connectivity index is 1.69. The van der Waals surface area contributed by atoms with Crippen LogP contribution in [0.3, 0.4) is 0 Å². The third-order valence-corrected chi connectivity index (χ3v) is 6.30. The summed E-state index contributed by atoms with van der Waals surface area (Å²) in [7, 11) is 0. The van der Waals surface area contributed by atoms with Crippen molar-refractivity contribution >= 4 is 40.5 Å². The van der Waals surface area contributed by atoms with Crippen molar-refractivity contribution in [3.05, 3.63) is 93.0 Å². The van der Waals surface area contributed by atoms with Crippen LogP contribution in [-0.4, -0.2) is 16.7 Å². The molecular weight excluding hydrogens is 374 g/mol. The lowest BCUT2D eigenvalue weighted by atomic mass is 10.1. The molecule has 0 spiro atoms. The van der Waals surface area contributed by atoms with Gasteiger partial charge in [-0.25, -0.2) is 0 Å². The average Bonchev–Trinajstić information content (AvgIpc) is 3.28. The van der Waals surface area contributed by atoms with Crippen molar-refractivity contribution in [2.75, 3.05) is 0 Å². The third kappa shape index (κ3) is 3.61. The molecule has 0 saturated heterocycles. The molecule has 1 aliphatic heterocycles. The van der Waals surface area contributed by atoms with E-state index in [2.05, 4.69) is 0 Å². The molecule has 0 radical (unpaired) electrons. The molecule has 0 bridgehead atoms. The summed E-state index contributed by atoms with van der Waals surface area (Å²) in [6.07, 6.45) is 0. The standard InChI is InChI=1S/C22H17NO2S2/c1-15-9-11-16(12-10-15)14-23-21(24)19(18-8-5-13-26-18)20(22(23)25)27-17-6-3-2-4-7-17/h2-13H,14H2,1H3. The van der Waals surface area contributed by atoms with E-state index in [9.17, 15) is 9.59 Å². The summed E-state index contributed by atoms with van der Waals surface area (Å²) in [4.78, 5) is 29.9. The van der Waals surface area contributed by atoms with Gasteiger partial charge in [-0.05, 0) is 36.1 Å². The molecule has 2 amide bonds. The number of rotatable bonds is 5. The zero-order valence-corrected chi connectivity index (χ0v) is 16.3. The van der Waals surface area contributed by atoms with Crippen LogP contribution in [0.1, 0.15) is 16.0 Å². The highest BCUT2D eigenvalue weighted by molar-refractivity contribution is 8.04. The second kappa shape index (κ2) is 7.55. The molecule has 0 N–H and O–H groups in total. The van der Waals surface area contributed by atoms with Gasteiger partial charge < -0.3 is 0 Å². The van der Waals surface area contributed by atoms with Crippen molar-refractivity contribution in [1.29, 1.82) is 0 Å². The van der Waals surface area contributed by atoms with Gasteiger partial charge in [-0.1, -0.05) is 65.9 Å². The summed E-state index contributed by atoms with van der Waals surface area (Å²) in [5, 5.41) is 1.92. The molecule has 3 nitrogen and oxygen atoms in total. The molecule has 27 heavy (non-hydrogen) atoms. The van der Waals surface area contributed by atoms with E-state index in [0.717, 1.165) is 20.9 Å². The first-order chi connectivity index (χ1) is 13.1. The van der Waals surface area contributed by atoms with E-state index in [0.29, 0.717) is 10.5 Å². The van der Waals surface area contributed by atoms with Crippen LogP contribution in [0.5, 0.6) is 0 Å². The van der Waals surface area contributed by atoms with Gasteiger partial charge in [0.25, 0.3) is 11.8 Å². The highest BCUT2D eigenvalue weighted by atomic mass is 32.2.